The van der Waals surface area contributed by atoms with Gasteiger partial charge in [-0.1, -0.05) is 182 Å². The van der Waals surface area contributed by atoms with Crippen LogP contribution in [0.25, 0.3) is 0 Å². The van der Waals surface area contributed by atoms with Crippen molar-refractivity contribution in [3.8, 4) is 0 Å². The van der Waals surface area contributed by atoms with E-state index in [1.807, 2.05) is 6.08 Å². The zero-order chi connectivity index (χ0) is 37.1. The summed E-state index contributed by atoms with van der Waals surface area (Å²) in [6.45, 7) is 4.14. The standard InChI is InChI=1S/C47H79NO3/c1-3-5-7-9-11-13-15-17-19-21-22-23-24-25-27-28-30-32-34-36-38-40-42-46(50)45(44-49)48-47(51)43-41-39-37-35-33-31-29-26-20-18-16-14-12-10-8-6-4-2/h6,8,12,14,18,20,25,27,29,31-32,34-35,37,40,42,45-46,49-50H,3-5,7,9-11,13,15-17,19,21-24,26,28,30,33,36,38-39,41,43-44H2,1-2H3,(H,48,51)/b8-6-,14-12-,20-18-,27-25+,31-29-,34-32+,37-35-,42-40+. The lowest BCUT2D eigenvalue weighted by molar-refractivity contribution is -0.122. The Morgan fingerprint density at radius 1 is 0.490 bits per heavy atom. The fourth-order valence-corrected chi connectivity index (χ4v) is 5.60. The van der Waals surface area contributed by atoms with Crippen molar-refractivity contribution < 1.29 is 15.0 Å². The van der Waals surface area contributed by atoms with E-state index in [-0.39, 0.29) is 12.5 Å². The molecule has 0 aliphatic rings. The number of aliphatic hydroxyl groups excluding tert-OH is 2. The summed E-state index contributed by atoms with van der Waals surface area (Å²) < 4.78 is 0. The molecule has 3 N–H and O–H groups in total. The molecule has 0 fully saturated rings. The van der Waals surface area contributed by atoms with Crippen molar-refractivity contribution in [3.05, 3.63) is 97.2 Å². The summed E-state index contributed by atoms with van der Waals surface area (Å²) in [6.07, 6.45) is 62.3. The van der Waals surface area contributed by atoms with Crippen LogP contribution in [0.15, 0.2) is 97.2 Å². The van der Waals surface area contributed by atoms with Crippen LogP contribution in [0.2, 0.25) is 0 Å². The Morgan fingerprint density at radius 2 is 0.882 bits per heavy atom. The maximum atomic E-state index is 12.3. The molecule has 0 saturated heterocycles. The molecule has 0 radical (unpaired) electrons. The van der Waals surface area contributed by atoms with E-state index in [1.165, 1.54) is 83.5 Å². The first-order valence-electron chi connectivity index (χ1n) is 21.0. The Hall–Kier alpha value is -2.69. The summed E-state index contributed by atoms with van der Waals surface area (Å²) in [4.78, 5) is 12.3. The van der Waals surface area contributed by atoms with Gasteiger partial charge in [0.1, 0.15) is 0 Å². The molecule has 290 valence electrons. The van der Waals surface area contributed by atoms with Crippen LogP contribution >= 0.6 is 0 Å². The fraction of sp³-hybridized carbons (Fsp3) is 0.638. The van der Waals surface area contributed by atoms with Crippen LogP contribution in [0, 0.1) is 0 Å². The lowest BCUT2D eigenvalue weighted by atomic mass is 10.0. The van der Waals surface area contributed by atoms with Crippen LogP contribution in [-0.4, -0.2) is 34.9 Å². The summed E-state index contributed by atoms with van der Waals surface area (Å²) in [5.74, 6) is -0.139. The van der Waals surface area contributed by atoms with Gasteiger partial charge in [-0.25, -0.2) is 0 Å². The molecule has 4 nitrogen and oxygen atoms in total. The predicted molar refractivity (Wildman–Crippen MR) is 225 cm³/mol. The summed E-state index contributed by atoms with van der Waals surface area (Å²) in [5.41, 5.74) is 0. The highest BCUT2D eigenvalue weighted by Crippen LogP contribution is 2.13. The van der Waals surface area contributed by atoms with Gasteiger partial charge in [-0.15, -0.1) is 0 Å². The van der Waals surface area contributed by atoms with Gasteiger partial charge in [-0.3, -0.25) is 4.79 Å². The molecule has 2 atom stereocenters. The number of unbranched alkanes of at least 4 members (excludes halogenated alkanes) is 15. The summed E-state index contributed by atoms with van der Waals surface area (Å²) in [5, 5.41) is 22.9. The predicted octanol–water partition coefficient (Wildman–Crippen LogP) is 13.1. The van der Waals surface area contributed by atoms with Crippen LogP contribution in [0.5, 0.6) is 0 Å². The maximum Gasteiger partial charge on any atom is 0.220 e. The first kappa shape index (κ1) is 48.3. The second kappa shape index (κ2) is 41.7. The Kier molecular flexibility index (Phi) is 39.5. The smallest absolute Gasteiger partial charge is 0.220 e. The van der Waals surface area contributed by atoms with E-state index in [4.69, 9.17) is 0 Å². The molecule has 0 spiro atoms. The summed E-state index contributed by atoms with van der Waals surface area (Å²) in [7, 11) is 0. The number of amides is 1. The van der Waals surface area contributed by atoms with Crippen molar-refractivity contribution in [3.63, 3.8) is 0 Å². The minimum Gasteiger partial charge on any atom is -0.394 e. The lowest BCUT2D eigenvalue weighted by Crippen LogP contribution is -2.45. The topological polar surface area (TPSA) is 69.6 Å². The molecule has 2 unspecified atom stereocenters. The Balaban J connectivity index is 3.79. The van der Waals surface area contributed by atoms with Gasteiger partial charge in [-0.2, -0.15) is 0 Å². The molecule has 1 amide bonds. The number of aliphatic hydroxyl groups is 2. The molecule has 0 aromatic carbocycles. The van der Waals surface area contributed by atoms with Gasteiger partial charge in [0.15, 0.2) is 0 Å². The number of hydrogen-bond donors (Lipinski definition) is 3. The van der Waals surface area contributed by atoms with Gasteiger partial charge >= 0.3 is 0 Å². The van der Waals surface area contributed by atoms with E-state index < -0.39 is 12.1 Å². The van der Waals surface area contributed by atoms with E-state index in [0.717, 1.165) is 70.6 Å². The van der Waals surface area contributed by atoms with Crippen molar-refractivity contribution in [1.29, 1.82) is 0 Å². The first-order valence-corrected chi connectivity index (χ1v) is 21.0. The molecule has 0 aromatic heterocycles. The lowest BCUT2D eigenvalue weighted by Gasteiger charge is -2.19. The summed E-state index contributed by atoms with van der Waals surface area (Å²) in [6, 6.07) is -0.681. The zero-order valence-electron chi connectivity index (χ0n) is 33.1. The number of carbonyl (C=O) groups excluding carboxylic acids is 1. The monoisotopic (exact) mass is 706 g/mol. The van der Waals surface area contributed by atoms with Crippen molar-refractivity contribution >= 4 is 5.91 Å². The number of rotatable bonds is 36. The molecule has 0 aliphatic heterocycles. The largest absolute Gasteiger partial charge is 0.394 e. The van der Waals surface area contributed by atoms with E-state index >= 15 is 0 Å². The SMILES string of the molecule is CC/C=C\C/C=C\C/C=C\C/C=C\C/C=C\CCCC(=O)NC(CO)C(O)/C=C/CC/C=C/CC/C=C/CCCCCCCCCCCCCC. The minimum atomic E-state index is -0.899. The van der Waals surface area contributed by atoms with Crippen LogP contribution in [0.1, 0.15) is 174 Å². The van der Waals surface area contributed by atoms with Gasteiger partial charge in [-0.05, 0) is 83.5 Å². The molecule has 51 heavy (non-hydrogen) atoms. The van der Waals surface area contributed by atoms with Crippen molar-refractivity contribution in [2.75, 3.05) is 6.61 Å². The van der Waals surface area contributed by atoms with Gasteiger partial charge in [0.25, 0.3) is 0 Å². The highest BCUT2D eigenvalue weighted by Gasteiger charge is 2.17. The summed E-state index contributed by atoms with van der Waals surface area (Å²) >= 11 is 0. The third-order valence-corrected chi connectivity index (χ3v) is 8.78. The fourth-order valence-electron chi connectivity index (χ4n) is 5.60. The van der Waals surface area contributed by atoms with Gasteiger partial charge < -0.3 is 15.5 Å². The quantitative estimate of drug-likeness (QED) is 0.0449. The van der Waals surface area contributed by atoms with Crippen LogP contribution < -0.4 is 5.32 Å². The highest BCUT2D eigenvalue weighted by molar-refractivity contribution is 5.76. The van der Waals surface area contributed by atoms with Crippen LogP contribution in [-0.2, 0) is 4.79 Å². The van der Waals surface area contributed by atoms with Crippen molar-refractivity contribution in [1.82, 2.24) is 5.32 Å². The van der Waals surface area contributed by atoms with E-state index in [2.05, 4.69) is 104 Å². The molecule has 0 rings (SSSR count). The Labute approximate surface area is 315 Å². The molecule has 4 heteroatoms. The average molecular weight is 706 g/mol. The van der Waals surface area contributed by atoms with Gasteiger partial charge in [0.2, 0.25) is 5.91 Å². The highest BCUT2D eigenvalue weighted by atomic mass is 16.3. The normalized spacial score (nSPS) is 14.0. The Bertz CT molecular complexity index is 983. The number of carbonyl (C=O) groups is 1. The second-order valence-electron chi connectivity index (χ2n) is 13.7. The molecular formula is C47H79NO3. The number of nitrogens with one attached hydrogen (secondary N) is 1. The second-order valence-corrected chi connectivity index (χ2v) is 13.7. The van der Waals surface area contributed by atoms with Crippen molar-refractivity contribution in [2.45, 2.75) is 187 Å². The maximum absolute atomic E-state index is 12.3. The molecule has 0 aromatic rings. The van der Waals surface area contributed by atoms with E-state index in [1.54, 1.807) is 6.08 Å². The third-order valence-electron chi connectivity index (χ3n) is 8.78. The molecule has 0 saturated carbocycles. The van der Waals surface area contributed by atoms with Crippen LogP contribution in [0.3, 0.4) is 0 Å². The molecule has 0 bridgehead atoms. The first-order chi connectivity index (χ1) is 25.2. The van der Waals surface area contributed by atoms with E-state index in [0.29, 0.717) is 6.42 Å². The van der Waals surface area contributed by atoms with Crippen molar-refractivity contribution in [2.24, 2.45) is 0 Å². The number of allylic oxidation sites excluding steroid dienone is 15. The molecular weight excluding hydrogens is 627 g/mol. The van der Waals surface area contributed by atoms with Gasteiger partial charge in [0, 0.05) is 6.42 Å². The Morgan fingerprint density at radius 3 is 1.37 bits per heavy atom. The minimum absolute atomic E-state index is 0.139. The van der Waals surface area contributed by atoms with Crippen LogP contribution in [0.4, 0.5) is 0 Å². The zero-order valence-corrected chi connectivity index (χ0v) is 33.1. The van der Waals surface area contributed by atoms with Gasteiger partial charge in [0.05, 0.1) is 18.8 Å². The molecule has 0 aliphatic carbocycles. The number of hydrogen-bond acceptors (Lipinski definition) is 3. The average Bonchev–Trinajstić information content (AvgIpc) is 3.13. The molecule has 0 heterocycles. The third kappa shape index (κ3) is 38.4. The van der Waals surface area contributed by atoms with E-state index in [9.17, 15) is 15.0 Å².